The van der Waals surface area contributed by atoms with Crippen LogP contribution in [0.1, 0.15) is 143 Å². The molecule has 0 saturated heterocycles. The van der Waals surface area contributed by atoms with Gasteiger partial charge in [0.15, 0.2) is 0 Å². The minimum atomic E-state index is -3.98. The van der Waals surface area contributed by atoms with Gasteiger partial charge in [-0.25, -0.2) is 4.57 Å². The van der Waals surface area contributed by atoms with Gasteiger partial charge in [0.05, 0.1) is 12.2 Å². The van der Waals surface area contributed by atoms with Gasteiger partial charge >= 0.3 is 7.82 Å². The molecule has 0 radical (unpaired) electrons. The molecule has 198 valence electrons. The highest BCUT2D eigenvalue weighted by Gasteiger charge is 2.28. The standard InChI is InChI=1S/C26H54NO5P/c1-5-6-7-8-9-10-11-12-13-14-15-16-19-22-25(28)27-23-20-17-18-21-24-31-33(29,30)32-26(2,3)4/h5-24H2,1-4H3,(H,27,28)(H,29,30). The third-order valence-corrected chi connectivity index (χ3v) is 6.83. The lowest BCUT2D eigenvalue weighted by Gasteiger charge is -2.22. The molecular formula is C26H54NO5P. The van der Waals surface area contributed by atoms with Crippen LogP contribution in [0, 0.1) is 0 Å². The van der Waals surface area contributed by atoms with E-state index < -0.39 is 13.4 Å². The number of nitrogens with one attached hydrogen (secondary N) is 1. The molecule has 0 aliphatic heterocycles. The Bertz CT molecular complexity index is 507. The van der Waals surface area contributed by atoms with E-state index in [9.17, 15) is 14.3 Å². The topological polar surface area (TPSA) is 84.9 Å². The lowest BCUT2D eigenvalue weighted by atomic mass is 10.0. The second-order valence-electron chi connectivity index (χ2n) is 10.3. The highest BCUT2D eigenvalue weighted by molar-refractivity contribution is 7.47. The Hall–Kier alpha value is -0.420. The predicted octanol–water partition coefficient (Wildman–Crippen LogP) is 8.08. The molecule has 0 aromatic rings. The van der Waals surface area contributed by atoms with Crippen molar-refractivity contribution < 1.29 is 23.3 Å². The Morgan fingerprint density at radius 3 is 1.73 bits per heavy atom. The predicted molar refractivity (Wildman–Crippen MR) is 138 cm³/mol. The Morgan fingerprint density at radius 1 is 0.758 bits per heavy atom. The molecule has 0 heterocycles. The SMILES string of the molecule is CCCCCCCCCCCCCCCC(=O)NCCCCCCOP(=O)(O)OC(C)(C)C. The van der Waals surface area contributed by atoms with Crippen LogP contribution in [0.25, 0.3) is 0 Å². The minimum Gasteiger partial charge on any atom is -0.356 e. The van der Waals surface area contributed by atoms with E-state index in [0.29, 0.717) is 19.4 Å². The van der Waals surface area contributed by atoms with Gasteiger partial charge in [-0.05, 0) is 40.0 Å². The summed E-state index contributed by atoms with van der Waals surface area (Å²) < 4.78 is 21.7. The molecule has 1 unspecified atom stereocenters. The van der Waals surface area contributed by atoms with E-state index in [2.05, 4.69) is 12.2 Å². The van der Waals surface area contributed by atoms with Crippen molar-refractivity contribution in [3.05, 3.63) is 0 Å². The quantitative estimate of drug-likeness (QED) is 0.111. The summed E-state index contributed by atoms with van der Waals surface area (Å²) in [4.78, 5) is 21.5. The van der Waals surface area contributed by atoms with Gasteiger partial charge in [-0.2, -0.15) is 0 Å². The van der Waals surface area contributed by atoms with Crippen molar-refractivity contribution in [2.24, 2.45) is 0 Å². The van der Waals surface area contributed by atoms with E-state index >= 15 is 0 Å². The summed E-state index contributed by atoms with van der Waals surface area (Å²) in [5, 5.41) is 2.99. The molecule has 1 amide bonds. The maximum Gasteiger partial charge on any atom is 0.472 e. The van der Waals surface area contributed by atoms with Crippen molar-refractivity contribution in [1.29, 1.82) is 0 Å². The molecule has 7 heteroatoms. The van der Waals surface area contributed by atoms with Crippen molar-refractivity contribution in [2.45, 2.75) is 149 Å². The van der Waals surface area contributed by atoms with Crippen molar-refractivity contribution >= 4 is 13.7 Å². The molecule has 0 saturated carbocycles. The van der Waals surface area contributed by atoms with Crippen LogP contribution in [0.2, 0.25) is 0 Å². The molecule has 0 spiro atoms. The first-order valence-corrected chi connectivity index (χ1v) is 15.1. The normalized spacial score (nSPS) is 13.7. The Kier molecular flexibility index (Phi) is 20.6. The second kappa shape index (κ2) is 20.9. The molecule has 0 fully saturated rings. The molecule has 0 aromatic heterocycles. The monoisotopic (exact) mass is 491 g/mol. The number of hydrogen-bond donors (Lipinski definition) is 2. The van der Waals surface area contributed by atoms with Crippen molar-refractivity contribution in [3.63, 3.8) is 0 Å². The number of hydrogen-bond acceptors (Lipinski definition) is 4. The fourth-order valence-corrected chi connectivity index (χ4v) is 4.86. The molecular weight excluding hydrogens is 437 g/mol. The van der Waals surface area contributed by atoms with Crippen molar-refractivity contribution in [3.8, 4) is 0 Å². The summed E-state index contributed by atoms with van der Waals surface area (Å²) >= 11 is 0. The Balaban J connectivity index is 3.35. The average Bonchev–Trinajstić information content (AvgIpc) is 2.71. The van der Waals surface area contributed by atoms with E-state index in [4.69, 9.17) is 9.05 Å². The fourth-order valence-electron chi connectivity index (χ4n) is 3.75. The number of carbonyl (C=O) groups excluding carboxylic acids is 1. The first-order valence-electron chi connectivity index (χ1n) is 13.6. The lowest BCUT2D eigenvalue weighted by Crippen LogP contribution is -2.23. The van der Waals surface area contributed by atoms with Gasteiger partial charge in [-0.15, -0.1) is 0 Å². The number of phosphoric ester groups is 1. The van der Waals surface area contributed by atoms with E-state index in [0.717, 1.165) is 32.1 Å². The van der Waals surface area contributed by atoms with Gasteiger partial charge in [-0.3, -0.25) is 13.8 Å². The molecule has 33 heavy (non-hydrogen) atoms. The van der Waals surface area contributed by atoms with Gasteiger partial charge in [0.2, 0.25) is 5.91 Å². The number of phosphoric acid groups is 1. The summed E-state index contributed by atoms with van der Waals surface area (Å²) in [5.74, 6) is 0.155. The highest BCUT2D eigenvalue weighted by atomic mass is 31.2. The number of rotatable bonds is 23. The minimum absolute atomic E-state index is 0.155. The summed E-state index contributed by atoms with van der Waals surface area (Å²) in [5.41, 5.74) is -0.713. The van der Waals surface area contributed by atoms with Crippen molar-refractivity contribution in [2.75, 3.05) is 13.2 Å². The fraction of sp³-hybridized carbons (Fsp3) is 0.962. The van der Waals surface area contributed by atoms with Gasteiger partial charge < -0.3 is 10.2 Å². The number of amides is 1. The van der Waals surface area contributed by atoms with Gasteiger partial charge in [0, 0.05) is 13.0 Å². The maximum absolute atomic E-state index is 11.9. The lowest BCUT2D eigenvalue weighted by molar-refractivity contribution is -0.121. The van der Waals surface area contributed by atoms with Crippen LogP contribution in [-0.4, -0.2) is 29.6 Å². The number of carbonyl (C=O) groups is 1. The molecule has 0 aromatic carbocycles. The maximum atomic E-state index is 11.9. The smallest absolute Gasteiger partial charge is 0.356 e. The molecule has 2 N–H and O–H groups in total. The summed E-state index contributed by atoms with van der Waals surface area (Å²) in [6, 6.07) is 0. The zero-order valence-corrected chi connectivity index (χ0v) is 23.1. The van der Waals surface area contributed by atoms with Crippen molar-refractivity contribution in [1.82, 2.24) is 5.32 Å². The van der Waals surface area contributed by atoms with Crippen LogP contribution in [0.4, 0.5) is 0 Å². The third kappa shape index (κ3) is 26.0. The largest absolute Gasteiger partial charge is 0.472 e. The van der Waals surface area contributed by atoms with E-state index in [-0.39, 0.29) is 12.5 Å². The first-order chi connectivity index (χ1) is 15.7. The van der Waals surface area contributed by atoms with E-state index in [1.807, 2.05) is 0 Å². The highest BCUT2D eigenvalue weighted by Crippen LogP contribution is 2.47. The molecule has 1 atom stereocenters. The molecule has 6 nitrogen and oxygen atoms in total. The third-order valence-electron chi connectivity index (χ3n) is 5.54. The van der Waals surface area contributed by atoms with Gasteiger partial charge in [-0.1, -0.05) is 96.8 Å². The zero-order chi connectivity index (χ0) is 24.8. The van der Waals surface area contributed by atoms with Crippen LogP contribution in [-0.2, 0) is 18.4 Å². The number of unbranched alkanes of at least 4 members (excludes halogenated alkanes) is 15. The molecule has 0 rings (SSSR count). The average molecular weight is 492 g/mol. The van der Waals surface area contributed by atoms with Crippen LogP contribution < -0.4 is 5.32 Å². The van der Waals surface area contributed by atoms with Gasteiger partial charge in [0.1, 0.15) is 0 Å². The van der Waals surface area contributed by atoms with E-state index in [1.54, 1.807) is 20.8 Å². The van der Waals surface area contributed by atoms with Crippen LogP contribution in [0.3, 0.4) is 0 Å². The first kappa shape index (κ1) is 32.6. The summed E-state index contributed by atoms with van der Waals surface area (Å²) in [6.45, 7) is 8.31. The molecule has 0 aliphatic rings. The Labute approximate surface area is 204 Å². The molecule has 0 aliphatic carbocycles. The van der Waals surface area contributed by atoms with E-state index in [1.165, 1.54) is 70.6 Å². The Morgan fingerprint density at radius 2 is 1.21 bits per heavy atom. The van der Waals surface area contributed by atoms with Crippen LogP contribution in [0.15, 0.2) is 0 Å². The van der Waals surface area contributed by atoms with Gasteiger partial charge in [0.25, 0.3) is 0 Å². The zero-order valence-electron chi connectivity index (χ0n) is 22.2. The molecule has 0 bridgehead atoms. The van der Waals surface area contributed by atoms with Crippen LogP contribution >= 0.6 is 7.82 Å². The van der Waals surface area contributed by atoms with Crippen LogP contribution in [0.5, 0.6) is 0 Å². The summed E-state index contributed by atoms with van der Waals surface area (Å²) in [7, 11) is -3.98. The summed E-state index contributed by atoms with van der Waals surface area (Å²) in [6.07, 6.45) is 21.2. The second-order valence-corrected chi connectivity index (χ2v) is 11.6.